The van der Waals surface area contributed by atoms with Crippen LogP contribution in [-0.4, -0.2) is 28.8 Å². The number of hydrogen-bond acceptors (Lipinski definition) is 3. The molecule has 0 aliphatic heterocycles. The summed E-state index contributed by atoms with van der Waals surface area (Å²) < 4.78 is 0. The third-order valence-electron chi connectivity index (χ3n) is 3.78. The number of benzene rings is 1. The van der Waals surface area contributed by atoms with Crippen LogP contribution in [0.25, 0.3) is 0 Å². The molecule has 0 aromatic heterocycles. The van der Waals surface area contributed by atoms with Crippen LogP contribution in [0.5, 0.6) is 5.75 Å². The molecule has 0 spiro atoms. The normalized spacial score (nSPS) is 18.1. The van der Waals surface area contributed by atoms with Gasteiger partial charge in [0.25, 0.3) is 0 Å². The molecule has 18 heavy (non-hydrogen) atoms. The number of likely N-dealkylation sites (N-methyl/N-ethyl adjacent to an activating group) is 1. The Morgan fingerprint density at radius 1 is 1.44 bits per heavy atom. The number of hydrogen-bond donors (Lipinski definition) is 2. The Morgan fingerprint density at radius 3 is 2.50 bits per heavy atom. The van der Waals surface area contributed by atoms with Gasteiger partial charge in [-0.1, -0.05) is 19.1 Å². The van der Waals surface area contributed by atoms with Crippen molar-refractivity contribution in [3.63, 3.8) is 0 Å². The van der Waals surface area contributed by atoms with Gasteiger partial charge < -0.3 is 15.1 Å². The highest BCUT2D eigenvalue weighted by molar-refractivity contribution is 5.81. The zero-order chi connectivity index (χ0) is 13.3. The lowest BCUT2D eigenvalue weighted by atomic mass is 9.96. The topological polar surface area (TPSA) is 60.8 Å². The molecule has 2 rings (SSSR count). The second-order valence-electron chi connectivity index (χ2n) is 5.17. The van der Waals surface area contributed by atoms with E-state index in [-0.39, 0.29) is 11.2 Å². The van der Waals surface area contributed by atoms with Gasteiger partial charge in [-0.15, -0.1) is 0 Å². The van der Waals surface area contributed by atoms with Crippen molar-refractivity contribution in [2.45, 2.75) is 32.7 Å². The van der Waals surface area contributed by atoms with Crippen molar-refractivity contribution >= 4 is 11.7 Å². The Bertz CT molecular complexity index is 454. The third-order valence-corrected chi connectivity index (χ3v) is 3.78. The number of rotatable bonds is 5. The van der Waals surface area contributed by atoms with Crippen molar-refractivity contribution in [2.24, 2.45) is 5.41 Å². The molecule has 1 fully saturated rings. The minimum Gasteiger partial charge on any atom is -0.506 e. The first-order valence-electron chi connectivity index (χ1n) is 6.27. The maximum atomic E-state index is 11.5. The summed E-state index contributed by atoms with van der Waals surface area (Å²) in [5, 5.41) is 19.4. The molecule has 98 valence electrons. The number of phenols is 1. The highest BCUT2D eigenvalue weighted by Crippen LogP contribution is 2.51. The quantitative estimate of drug-likeness (QED) is 0.841. The fourth-order valence-electron chi connectivity index (χ4n) is 2.48. The predicted molar refractivity (Wildman–Crippen MR) is 69.9 cm³/mol. The summed E-state index contributed by atoms with van der Waals surface area (Å²) in [5.41, 5.74) is 0.421. The minimum atomic E-state index is -0.819. The number of phenolic OH excluding ortho intramolecular Hbond substituents is 1. The van der Waals surface area contributed by atoms with E-state index in [4.69, 9.17) is 0 Å². The summed E-state index contributed by atoms with van der Waals surface area (Å²) in [5.74, 6) is -0.685. The molecule has 1 aromatic rings. The van der Waals surface area contributed by atoms with Crippen LogP contribution >= 0.6 is 0 Å². The van der Waals surface area contributed by atoms with Crippen molar-refractivity contribution in [2.75, 3.05) is 11.4 Å². The van der Waals surface area contributed by atoms with E-state index in [0.29, 0.717) is 12.2 Å². The first-order valence-corrected chi connectivity index (χ1v) is 6.27. The van der Waals surface area contributed by atoms with Gasteiger partial charge >= 0.3 is 5.97 Å². The average Bonchev–Trinajstić information content (AvgIpc) is 3.05. The van der Waals surface area contributed by atoms with Gasteiger partial charge in [0, 0.05) is 6.54 Å². The Hall–Kier alpha value is -1.71. The highest BCUT2D eigenvalue weighted by atomic mass is 16.4. The van der Waals surface area contributed by atoms with Crippen LogP contribution < -0.4 is 4.90 Å². The van der Waals surface area contributed by atoms with Gasteiger partial charge in [0.15, 0.2) is 0 Å². The zero-order valence-electron chi connectivity index (χ0n) is 10.8. The van der Waals surface area contributed by atoms with Gasteiger partial charge in [0.2, 0.25) is 0 Å². The molecule has 1 saturated carbocycles. The summed E-state index contributed by atoms with van der Waals surface area (Å²) in [4.78, 5) is 13.3. The Kier molecular flexibility index (Phi) is 3.20. The Morgan fingerprint density at radius 2 is 2.06 bits per heavy atom. The molecule has 1 aliphatic rings. The molecule has 4 heteroatoms. The lowest BCUT2D eigenvalue weighted by molar-refractivity contribution is -0.140. The molecule has 1 aliphatic carbocycles. The van der Waals surface area contributed by atoms with E-state index in [1.807, 2.05) is 19.9 Å². The second kappa shape index (κ2) is 4.52. The number of aromatic hydroxyl groups is 1. The first-order chi connectivity index (χ1) is 8.49. The van der Waals surface area contributed by atoms with E-state index in [9.17, 15) is 15.0 Å². The fourth-order valence-corrected chi connectivity index (χ4v) is 2.48. The van der Waals surface area contributed by atoms with Crippen molar-refractivity contribution in [1.29, 1.82) is 0 Å². The number of anilines is 1. The van der Waals surface area contributed by atoms with E-state index >= 15 is 0 Å². The maximum Gasteiger partial charge on any atom is 0.326 e. The molecule has 1 aromatic carbocycles. The molecular weight excluding hydrogens is 230 g/mol. The number of nitrogens with zero attached hydrogens (tertiary/aromatic N) is 1. The van der Waals surface area contributed by atoms with Gasteiger partial charge in [0.1, 0.15) is 11.8 Å². The van der Waals surface area contributed by atoms with Crippen molar-refractivity contribution in [3.8, 4) is 5.75 Å². The van der Waals surface area contributed by atoms with Crippen molar-refractivity contribution in [1.82, 2.24) is 0 Å². The summed E-state index contributed by atoms with van der Waals surface area (Å²) in [6.07, 6.45) is 1.85. The smallest absolute Gasteiger partial charge is 0.326 e. The van der Waals surface area contributed by atoms with Crippen LogP contribution in [0.1, 0.15) is 26.7 Å². The summed E-state index contributed by atoms with van der Waals surface area (Å²) in [7, 11) is 0. The molecule has 0 unspecified atom stereocenters. The zero-order valence-corrected chi connectivity index (χ0v) is 10.8. The lowest BCUT2D eigenvalue weighted by Gasteiger charge is -2.34. The van der Waals surface area contributed by atoms with Gasteiger partial charge in [-0.05, 0) is 37.3 Å². The predicted octanol–water partition coefficient (Wildman–Crippen LogP) is 2.47. The summed E-state index contributed by atoms with van der Waals surface area (Å²) >= 11 is 0. The number of carboxylic acid groups (broad SMARTS) is 1. The number of para-hydroxylation sites is 2. The van der Waals surface area contributed by atoms with Crippen LogP contribution in [0.4, 0.5) is 5.69 Å². The highest BCUT2D eigenvalue weighted by Gasteiger charge is 2.51. The number of carboxylic acids is 1. The minimum absolute atomic E-state index is 0.134. The van der Waals surface area contributed by atoms with Crippen LogP contribution in [0, 0.1) is 5.41 Å². The monoisotopic (exact) mass is 249 g/mol. The van der Waals surface area contributed by atoms with Gasteiger partial charge in [-0.25, -0.2) is 4.79 Å². The third kappa shape index (κ3) is 2.15. The van der Waals surface area contributed by atoms with Crippen LogP contribution in [0.2, 0.25) is 0 Å². The van der Waals surface area contributed by atoms with E-state index in [2.05, 4.69) is 0 Å². The van der Waals surface area contributed by atoms with E-state index in [0.717, 1.165) is 12.8 Å². The Labute approximate surface area is 107 Å². The maximum absolute atomic E-state index is 11.5. The molecule has 4 nitrogen and oxygen atoms in total. The van der Waals surface area contributed by atoms with Crippen molar-refractivity contribution in [3.05, 3.63) is 24.3 Å². The van der Waals surface area contributed by atoms with Crippen LogP contribution in [-0.2, 0) is 4.79 Å². The Balaban J connectivity index is 2.38. The number of aliphatic carboxylic acids is 1. The van der Waals surface area contributed by atoms with Crippen LogP contribution in [0.15, 0.2) is 24.3 Å². The standard InChI is InChI=1S/C14H19NO3/c1-3-15(10-6-4-5-7-11(10)16)12(13(17)18)14(2)8-9-14/h4-7,12,16H,3,8-9H2,1-2H3,(H,17,18)/t12-/m0/s1. The molecule has 2 N–H and O–H groups in total. The molecule has 0 heterocycles. The van der Waals surface area contributed by atoms with E-state index in [1.165, 1.54) is 0 Å². The van der Waals surface area contributed by atoms with E-state index in [1.54, 1.807) is 23.1 Å². The molecular formula is C14H19NO3. The largest absolute Gasteiger partial charge is 0.506 e. The van der Waals surface area contributed by atoms with Crippen molar-refractivity contribution < 1.29 is 15.0 Å². The second-order valence-corrected chi connectivity index (χ2v) is 5.17. The molecule has 0 amide bonds. The lowest BCUT2D eigenvalue weighted by Crippen LogP contribution is -2.46. The average molecular weight is 249 g/mol. The SMILES string of the molecule is CCN(c1ccccc1O)[C@@H](C(=O)O)C1(C)CC1. The van der Waals surface area contributed by atoms with Gasteiger partial charge in [0.05, 0.1) is 5.69 Å². The van der Waals surface area contributed by atoms with Gasteiger partial charge in [-0.3, -0.25) is 0 Å². The summed E-state index contributed by atoms with van der Waals surface area (Å²) in [6.45, 7) is 4.46. The summed E-state index contributed by atoms with van der Waals surface area (Å²) in [6, 6.07) is 6.33. The van der Waals surface area contributed by atoms with Gasteiger partial charge in [-0.2, -0.15) is 0 Å². The van der Waals surface area contributed by atoms with E-state index < -0.39 is 12.0 Å². The molecule has 1 atom stereocenters. The number of carbonyl (C=O) groups is 1. The fraction of sp³-hybridized carbons (Fsp3) is 0.500. The molecule has 0 bridgehead atoms. The molecule has 0 saturated heterocycles. The first kappa shape index (κ1) is 12.7. The van der Waals surface area contributed by atoms with Crippen LogP contribution in [0.3, 0.4) is 0 Å². The molecule has 0 radical (unpaired) electrons.